The zero-order valence-electron chi connectivity index (χ0n) is 11.8. The summed E-state index contributed by atoms with van der Waals surface area (Å²) in [5, 5.41) is 4.69. The van der Waals surface area contributed by atoms with Gasteiger partial charge >= 0.3 is 0 Å². The topological polar surface area (TPSA) is 59.9 Å². The Labute approximate surface area is 132 Å². The number of rotatable bonds is 3. The Hall–Kier alpha value is -2.53. The van der Waals surface area contributed by atoms with E-state index in [4.69, 9.17) is 21.1 Å². The van der Waals surface area contributed by atoms with Crippen molar-refractivity contribution in [3.05, 3.63) is 58.6 Å². The van der Waals surface area contributed by atoms with Crippen molar-refractivity contribution in [2.45, 2.75) is 6.92 Å². The van der Waals surface area contributed by atoms with E-state index in [-0.39, 0.29) is 12.7 Å². The molecule has 0 saturated heterocycles. The molecule has 5 nitrogen and oxygen atoms in total. The first-order chi connectivity index (χ1) is 10.6. The predicted molar refractivity (Wildman–Crippen MR) is 83.7 cm³/mol. The van der Waals surface area contributed by atoms with Gasteiger partial charge in [-0.15, -0.1) is 0 Å². The summed E-state index contributed by atoms with van der Waals surface area (Å²) in [6.07, 6.45) is 0. The zero-order valence-corrected chi connectivity index (χ0v) is 12.6. The highest BCUT2D eigenvalue weighted by atomic mass is 35.5. The molecule has 0 saturated carbocycles. The third-order valence-corrected chi connectivity index (χ3v) is 3.47. The van der Waals surface area contributed by atoms with E-state index in [0.717, 1.165) is 5.56 Å². The minimum Gasteiger partial charge on any atom is -0.454 e. The normalized spacial score (nSPS) is 13.1. The molecule has 2 aromatic rings. The van der Waals surface area contributed by atoms with Gasteiger partial charge in [-0.3, -0.25) is 4.79 Å². The Kier molecular flexibility index (Phi) is 3.98. The highest BCUT2D eigenvalue weighted by Crippen LogP contribution is 2.32. The lowest BCUT2D eigenvalue weighted by Gasteiger charge is -2.04. The highest BCUT2D eigenvalue weighted by Gasteiger charge is 2.14. The summed E-state index contributed by atoms with van der Waals surface area (Å²) in [5.74, 6) is 1.09. The SMILES string of the molecule is CC(=NNC(=O)c1ccc(Cl)cc1)c1ccc2c(c1)OCO2. The molecule has 112 valence electrons. The van der Waals surface area contributed by atoms with Gasteiger partial charge in [-0.05, 0) is 49.4 Å². The maximum Gasteiger partial charge on any atom is 0.271 e. The van der Waals surface area contributed by atoms with Gasteiger partial charge in [0, 0.05) is 16.1 Å². The molecule has 0 fully saturated rings. The minimum atomic E-state index is -0.295. The molecule has 1 heterocycles. The van der Waals surface area contributed by atoms with Gasteiger partial charge in [-0.25, -0.2) is 5.43 Å². The predicted octanol–water partition coefficient (Wildman–Crippen LogP) is 3.22. The first-order valence-electron chi connectivity index (χ1n) is 6.64. The molecule has 0 atom stereocenters. The Morgan fingerprint density at radius 3 is 2.55 bits per heavy atom. The second-order valence-corrected chi connectivity index (χ2v) is 5.15. The molecule has 3 rings (SSSR count). The van der Waals surface area contributed by atoms with Crippen molar-refractivity contribution in [1.82, 2.24) is 5.43 Å². The van der Waals surface area contributed by atoms with Gasteiger partial charge in [0.25, 0.3) is 5.91 Å². The fraction of sp³-hybridized carbons (Fsp3) is 0.125. The van der Waals surface area contributed by atoms with Crippen molar-refractivity contribution < 1.29 is 14.3 Å². The maximum atomic E-state index is 12.0. The van der Waals surface area contributed by atoms with Gasteiger partial charge in [0.2, 0.25) is 6.79 Å². The van der Waals surface area contributed by atoms with Gasteiger partial charge < -0.3 is 9.47 Å². The summed E-state index contributed by atoms with van der Waals surface area (Å²) in [7, 11) is 0. The number of carbonyl (C=O) groups excluding carboxylic acids is 1. The van der Waals surface area contributed by atoms with Gasteiger partial charge in [-0.2, -0.15) is 5.10 Å². The largest absolute Gasteiger partial charge is 0.454 e. The fourth-order valence-electron chi connectivity index (χ4n) is 1.99. The Morgan fingerprint density at radius 2 is 1.77 bits per heavy atom. The molecule has 22 heavy (non-hydrogen) atoms. The minimum absolute atomic E-state index is 0.224. The van der Waals surface area contributed by atoms with Crippen LogP contribution in [0.5, 0.6) is 11.5 Å². The second kappa shape index (κ2) is 6.07. The van der Waals surface area contributed by atoms with E-state index in [1.165, 1.54) is 0 Å². The van der Waals surface area contributed by atoms with Crippen molar-refractivity contribution in [2.24, 2.45) is 5.10 Å². The van der Waals surface area contributed by atoms with Crippen LogP contribution in [0.1, 0.15) is 22.8 Å². The van der Waals surface area contributed by atoms with Crippen molar-refractivity contribution in [3.63, 3.8) is 0 Å². The van der Waals surface area contributed by atoms with Gasteiger partial charge in [0.15, 0.2) is 11.5 Å². The fourth-order valence-corrected chi connectivity index (χ4v) is 2.11. The van der Waals surface area contributed by atoms with Crippen LogP contribution in [0.15, 0.2) is 47.6 Å². The monoisotopic (exact) mass is 316 g/mol. The van der Waals surface area contributed by atoms with Gasteiger partial charge in [-0.1, -0.05) is 11.6 Å². The van der Waals surface area contributed by atoms with Crippen molar-refractivity contribution in [1.29, 1.82) is 0 Å². The summed E-state index contributed by atoms with van der Waals surface area (Å²) in [4.78, 5) is 12.0. The van der Waals surface area contributed by atoms with Gasteiger partial charge in [0.1, 0.15) is 0 Å². The third-order valence-electron chi connectivity index (χ3n) is 3.22. The number of fused-ring (bicyclic) bond motifs is 1. The van der Waals surface area contributed by atoms with E-state index in [0.29, 0.717) is 27.8 Å². The average Bonchev–Trinajstić information content (AvgIpc) is 3.00. The number of benzene rings is 2. The molecule has 0 bridgehead atoms. The van der Waals surface area contributed by atoms with Crippen LogP contribution in [-0.2, 0) is 0 Å². The smallest absolute Gasteiger partial charge is 0.271 e. The van der Waals surface area contributed by atoms with E-state index >= 15 is 0 Å². The number of nitrogens with zero attached hydrogens (tertiary/aromatic N) is 1. The van der Waals surface area contributed by atoms with E-state index < -0.39 is 0 Å². The Bertz CT molecular complexity index is 742. The molecule has 1 N–H and O–H groups in total. The number of halogens is 1. The van der Waals surface area contributed by atoms with Crippen molar-refractivity contribution in [3.8, 4) is 11.5 Å². The summed E-state index contributed by atoms with van der Waals surface area (Å²) in [5.41, 5.74) is 4.53. The van der Waals surface area contributed by atoms with Crippen LogP contribution in [0.4, 0.5) is 0 Å². The van der Waals surface area contributed by atoms with Crippen LogP contribution in [0, 0.1) is 0 Å². The molecular formula is C16H13ClN2O3. The van der Waals surface area contributed by atoms with Crippen molar-refractivity contribution in [2.75, 3.05) is 6.79 Å². The van der Waals surface area contributed by atoms with E-state index in [9.17, 15) is 4.79 Å². The number of hydrogen-bond donors (Lipinski definition) is 1. The van der Waals surface area contributed by atoms with Crippen molar-refractivity contribution >= 4 is 23.2 Å². The number of amides is 1. The number of hydrogen-bond acceptors (Lipinski definition) is 4. The summed E-state index contributed by atoms with van der Waals surface area (Å²) in [6.45, 7) is 2.03. The van der Waals surface area contributed by atoms with Crippen LogP contribution in [0.2, 0.25) is 5.02 Å². The van der Waals surface area contributed by atoms with Crippen LogP contribution < -0.4 is 14.9 Å². The maximum absolute atomic E-state index is 12.0. The quantitative estimate of drug-likeness (QED) is 0.698. The standard InChI is InChI=1S/C16H13ClN2O3/c1-10(12-4-7-14-15(8-12)22-9-21-14)18-19-16(20)11-2-5-13(17)6-3-11/h2-8H,9H2,1H3,(H,19,20). The van der Waals surface area contributed by atoms with Crippen LogP contribution in [-0.4, -0.2) is 18.4 Å². The number of carbonyl (C=O) groups is 1. The molecular weight excluding hydrogens is 304 g/mol. The highest BCUT2D eigenvalue weighted by molar-refractivity contribution is 6.30. The van der Waals surface area contributed by atoms with Crippen LogP contribution in [0.25, 0.3) is 0 Å². The lowest BCUT2D eigenvalue weighted by atomic mass is 10.1. The summed E-state index contributed by atoms with van der Waals surface area (Å²) < 4.78 is 10.6. The third kappa shape index (κ3) is 3.04. The molecule has 0 unspecified atom stereocenters. The Balaban J connectivity index is 1.72. The number of nitrogens with one attached hydrogen (secondary N) is 1. The molecule has 1 aliphatic heterocycles. The average molecular weight is 317 g/mol. The van der Waals surface area contributed by atoms with E-state index in [1.807, 2.05) is 18.2 Å². The number of ether oxygens (including phenoxy) is 2. The molecule has 1 amide bonds. The molecule has 1 aliphatic rings. The number of hydrazone groups is 1. The zero-order chi connectivity index (χ0) is 15.5. The molecule has 6 heteroatoms. The summed E-state index contributed by atoms with van der Waals surface area (Å²) >= 11 is 5.79. The molecule has 0 aliphatic carbocycles. The van der Waals surface area contributed by atoms with Gasteiger partial charge in [0.05, 0.1) is 5.71 Å². The Morgan fingerprint density at radius 1 is 1.09 bits per heavy atom. The first kappa shape index (κ1) is 14.4. The lowest BCUT2D eigenvalue weighted by molar-refractivity contribution is 0.0955. The van der Waals surface area contributed by atoms with E-state index in [1.54, 1.807) is 31.2 Å². The van der Waals surface area contributed by atoms with Crippen LogP contribution >= 0.6 is 11.6 Å². The molecule has 0 radical (unpaired) electrons. The lowest BCUT2D eigenvalue weighted by Crippen LogP contribution is -2.19. The molecule has 0 aromatic heterocycles. The van der Waals surface area contributed by atoms with Crippen LogP contribution in [0.3, 0.4) is 0 Å². The second-order valence-electron chi connectivity index (χ2n) is 4.71. The molecule has 2 aromatic carbocycles. The van der Waals surface area contributed by atoms with E-state index in [2.05, 4.69) is 10.5 Å². The summed E-state index contributed by atoms with van der Waals surface area (Å²) in [6, 6.07) is 12.1. The molecule has 0 spiro atoms. The first-order valence-corrected chi connectivity index (χ1v) is 7.01.